The van der Waals surface area contributed by atoms with E-state index in [0.29, 0.717) is 24.5 Å². The molecule has 6 N–H and O–H groups in total. The zero-order chi connectivity index (χ0) is 20.8. The summed E-state index contributed by atoms with van der Waals surface area (Å²) in [5, 5.41) is 12.2. The van der Waals surface area contributed by atoms with E-state index in [2.05, 4.69) is 38.3 Å². The van der Waals surface area contributed by atoms with Gasteiger partial charge in [0.15, 0.2) is 5.75 Å². The van der Waals surface area contributed by atoms with Gasteiger partial charge in [0.25, 0.3) is 0 Å². The maximum atomic E-state index is 12.3. The molecule has 7 nitrogen and oxygen atoms in total. The van der Waals surface area contributed by atoms with Gasteiger partial charge in [-0.25, -0.2) is 13.6 Å². The van der Waals surface area contributed by atoms with Crippen molar-refractivity contribution < 1.29 is 18.6 Å². The molecule has 0 aliphatic heterocycles. The van der Waals surface area contributed by atoms with E-state index in [1.165, 1.54) is 0 Å². The van der Waals surface area contributed by atoms with Crippen molar-refractivity contribution in [2.75, 3.05) is 11.9 Å². The average Bonchev–Trinajstić information content (AvgIpc) is 2.61. The number of ether oxygens (including phenoxy) is 1. The number of benzene rings is 2. The minimum Gasteiger partial charge on any atom is -0.454 e. The third-order valence-electron chi connectivity index (χ3n) is 4.05. The van der Waals surface area contributed by atoms with E-state index < -0.39 is 10.0 Å². The van der Waals surface area contributed by atoms with Crippen LogP contribution in [0.4, 0.5) is 5.69 Å². The minimum absolute atomic E-state index is 0. The van der Waals surface area contributed by atoms with Gasteiger partial charge in [0, 0.05) is 18.6 Å². The zero-order valence-corrected chi connectivity index (χ0v) is 18.4. The second-order valence-electron chi connectivity index (χ2n) is 7.81. The van der Waals surface area contributed by atoms with E-state index in [1.54, 1.807) is 18.2 Å². The van der Waals surface area contributed by atoms with Crippen LogP contribution in [0.2, 0.25) is 0 Å². The highest BCUT2D eigenvalue weighted by molar-refractivity contribution is 7.89. The minimum atomic E-state index is -3.98. The van der Waals surface area contributed by atoms with E-state index >= 15 is 0 Å². The fourth-order valence-corrected chi connectivity index (χ4v) is 3.31. The molecule has 0 heterocycles. The van der Waals surface area contributed by atoms with Crippen molar-refractivity contribution in [1.82, 2.24) is 5.32 Å². The van der Waals surface area contributed by atoms with Crippen LogP contribution in [0.15, 0.2) is 47.4 Å². The van der Waals surface area contributed by atoms with Gasteiger partial charge in [-0.1, -0.05) is 31.5 Å². The Hall–Kier alpha value is -2.13. The van der Waals surface area contributed by atoms with Crippen LogP contribution >= 0.6 is 0 Å². The van der Waals surface area contributed by atoms with Gasteiger partial charge in [0.05, 0.1) is 5.69 Å². The monoisotopic (exact) mass is 423 g/mol. The molecule has 2 aromatic carbocycles. The van der Waals surface area contributed by atoms with Crippen LogP contribution in [0.3, 0.4) is 0 Å². The second kappa shape index (κ2) is 10.6. The number of nitrogens with one attached hydrogen (secondary N) is 2. The Morgan fingerprint density at radius 2 is 1.76 bits per heavy atom. The fourth-order valence-electron chi connectivity index (χ4n) is 2.58. The van der Waals surface area contributed by atoms with Crippen LogP contribution in [-0.2, 0) is 16.6 Å². The molecule has 2 rings (SSSR count). The number of sulfonamides is 1. The van der Waals surface area contributed by atoms with E-state index in [0.717, 1.165) is 18.4 Å². The van der Waals surface area contributed by atoms with Gasteiger partial charge in [-0.05, 0) is 57.0 Å². The number of unbranched alkanes of at least 4 members (excludes halogenated alkanes) is 1. The molecule has 0 atom stereocenters. The lowest BCUT2D eigenvalue weighted by molar-refractivity contribution is 0.423. The molecule has 0 radical (unpaired) electrons. The summed E-state index contributed by atoms with van der Waals surface area (Å²) in [4.78, 5) is -0.0245. The highest BCUT2D eigenvalue weighted by Crippen LogP contribution is 2.37. The molecule has 29 heavy (non-hydrogen) atoms. The van der Waals surface area contributed by atoms with Crippen LogP contribution in [-0.4, -0.2) is 26.0 Å². The maximum Gasteiger partial charge on any atom is 0.241 e. The Morgan fingerprint density at radius 3 is 2.31 bits per heavy atom. The largest absolute Gasteiger partial charge is 0.454 e. The molecular formula is C21H33N3O4S. The number of rotatable bonds is 9. The number of anilines is 1. The Labute approximate surface area is 174 Å². The van der Waals surface area contributed by atoms with Crippen LogP contribution in [0, 0.1) is 0 Å². The molecule has 0 saturated carbocycles. The quantitative estimate of drug-likeness (QED) is 0.533. The Morgan fingerprint density at radius 1 is 1.10 bits per heavy atom. The summed E-state index contributed by atoms with van der Waals surface area (Å²) >= 11 is 0. The number of para-hydroxylation sites is 1. The summed E-state index contributed by atoms with van der Waals surface area (Å²) in [5.41, 5.74) is 1.34. The molecular weight excluding hydrogens is 390 g/mol. The normalized spacial score (nSPS) is 11.6. The van der Waals surface area contributed by atoms with Crippen molar-refractivity contribution in [3.05, 3.63) is 48.0 Å². The SMILES string of the molecule is CCCCNc1cc(CNC(C)(C)C)cc(S(N)(=O)=O)c1Oc1ccccc1.O. The van der Waals surface area contributed by atoms with Gasteiger partial charge in [-0.15, -0.1) is 0 Å². The molecule has 0 bridgehead atoms. The van der Waals surface area contributed by atoms with Gasteiger partial charge < -0.3 is 20.8 Å². The summed E-state index contributed by atoms with van der Waals surface area (Å²) in [5.74, 6) is 0.774. The Balaban J connectivity index is 0.00000420. The lowest BCUT2D eigenvalue weighted by atomic mass is 10.1. The third kappa shape index (κ3) is 8.02. The van der Waals surface area contributed by atoms with E-state index in [9.17, 15) is 8.42 Å². The number of hydrogen-bond acceptors (Lipinski definition) is 5. The molecule has 0 fully saturated rings. The van der Waals surface area contributed by atoms with Crippen molar-refractivity contribution in [3.8, 4) is 11.5 Å². The Kier molecular flexibility index (Phi) is 9.10. The summed E-state index contributed by atoms with van der Waals surface area (Å²) < 4.78 is 30.6. The maximum absolute atomic E-state index is 12.3. The van der Waals surface area contributed by atoms with Crippen LogP contribution < -0.4 is 20.5 Å². The first kappa shape index (κ1) is 24.9. The molecule has 0 aliphatic carbocycles. The highest BCUT2D eigenvalue weighted by atomic mass is 32.2. The fraction of sp³-hybridized carbons (Fsp3) is 0.429. The standard InChI is InChI=1S/C21H31N3O3S.H2O/c1-5-6-12-23-18-13-16(15-24-21(2,3)4)14-19(28(22,25)26)20(18)27-17-10-8-7-9-11-17;/h7-11,13-14,23-24H,5-6,12,15H2,1-4H3,(H2,22,25,26);1H2. The third-order valence-corrected chi connectivity index (χ3v) is 4.97. The number of hydrogen-bond donors (Lipinski definition) is 3. The van der Waals surface area contributed by atoms with Crippen molar-refractivity contribution in [2.45, 2.75) is 57.5 Å². The molecule has 0 aromatic heterocycles. The molecule has 0 amide bonds. The van der Waals surface area contributed by atoms with Crippen molar-refractivity contribution >= 4 is 15.7 Å². The van der Waals surface area contributed by atoms with Crippen molar-refractivity contribution in [3.63, 3.8) is 0 Å². The van der Waals surface area contributed by atoms with Gasteiger partial charge in [-0.2, -0.15) is 0 Å². The lowest BCUT2D eigenvalue weighted by Crippen LogP contribution is -2.35. The van der Waals surface area contributed by atoms with Crippen molar-refractivity contribution in [2.24, 2.45) is 5.14 Å². The summed E-state index contributed by atoms with van der Waals surface area (Å²) in [6.07, 6.45) is 1.98. The van der Waals surface area contributed by atoms with Gasteiger partial charge >= 0.3 is 0 Å². The Bertz CT molecular complexity index is 879. The molecule has 162 valence electrons. The van der Waals surface area contributed by atoms with E-state index in [1.807, 2.05) is 24.3 Å². The van der Waals surface area contributed by atoms with Crippen LogP contribution in [0.5, 0.6) is 11.5 Å². The highest BCUT2D eigenvalue weighted by Gasteiger charge is 2.22. The topological polar surface area (TPSA) is 125 Å². The summed E-state index contributed by atoms with van der Waals surface area (Å²) in [7, 11) is -3.98. The smallest absolute Gasteiger partial charge is 0.241 e. The van der Waals surface area contributed by atoms with Gasteiger partial charge in [-0.3, -0.25) is 0 Å². The van der Waals surface area contributed by atoms with Crippen molar-refractivity contribution in [1.29, 1.82) is 0 Å². The first-order chi connectivity index (χ1) is 13.1. The van der Waals surface area contributed by atoms with E-state index in [4.69, 9.17) is 9.88 Å². The summed E-state index contributed by atoms with van der Waals surface area (Å²) in [6, 6.07) is 12.6. The molecule has 0 saturated heterocycles. The summed E-state index contributed by atoms with van der Waals surface area (Å²) in [6.45, 7) is 9.49. The molecule has 2 aromatic rings. The lowest BCUT2D eigenvalue weighted by Gasteiger charge is -2.22. The average molecular weight is 424 g/mol. The molecule has 0 unspecified atom stereocenters. The number of primary sulfonamides is 1. The number of nitrogens with two attached hydrogens (primary N) is 1. The second-order valence-corrected chi connectivity index (χ2v) is 9.34. The predicted octanol–water partition coefficient (Wildman–Crippen LogP) is 3.40. The first-order valence-electron chi connectivity index (χ1n) is 9.51. The zero-order valence-electron chi connectivity index (χ0n) is 17.6. The van der Waals surface area contributed by atoms with Gasteiger partial charge in [0.1, 0.15) is 10.6 Å². The van der Waals surface area contributed by atoms with Gasteiger partial charge in [0.2, 0.25) is 10.0 Å². The van der Waals surface area contributed by atoms with Crippen LogP contribution in [0.25, 0.3) is 0 Å². The first-order valence-corrected chi connectivity index (χ1v) is 11.1. The van der Waals surface area contributed by atoms with Crippen LogP contribution in [0.1, 0.15) is 46.1 Å². The molecule has 0 spiro atoms. The predicted molar refractivity (Wildman–Crippen MR) is 118 cm³/mol. The van der Waals surface area contributed by atoms with E-state index in [-0.39, 0.29) is 21.7 Å². The molecule has 0 aliphatic rings. The molecule has 8 heteroatoms.